The second kappa shape index (κ2) is 3.81. The van der Waals surface area contributed by atoms with E-state index >= 15 is 0 Å². The summed E-state index contributed by atoms with van der Waals surface area (Å²) in [6.07, 6.45) is 0.896. The SMILES string of the molecule is CN1C(=O)NCCC1c1ccc(O)cc1. The Hall–Kier alpha value is -1.71. The molecule has 1 aliphatic rings. The molecule has 1 aromatic carbocycles. The van der Waals surface area contributed by atoms with Crippen LogP contribution >= 0.6 is 0 Å². The quantitative estimate of drug-likeness (QED) is 0.731. The first-order chi connectivity index (χ1) is 7.18. The van der Waals surface area contributed by atoms with Crippen molar-refractivity contribution in [1.29, 1.82) is 0 Å². The van der Waals surface area contributed by atoms with Crippen LogP contribution in [0.25, 0.3) is 0 Å². The van der Waals surface area contributed by atoms with Crippen LogP contribution in [0, 0.1) is 0 Å². The molecule has 0 aromatic heterocycles. The zero-order valence-electron chi connectivity index (χ0n) is 8.60. The van der Waals surface area contributed by atoms with Crippen molar-refractivity contribution in [2.75, 3.05) is 13.6 Å². The number of nitrogens with zero attached hydrogens (tertiary/aromatic N) is 1. The summed E-state index contributed by atoms with van der Waals surface area (Å²) in [5, 5.41) is 12.0. The van der Waals surface area contributed by atoms with E-state index in [1.54, 1.807) is 24.1 Å². The van der Waals surface area contributed by atoms with Gasteiger partial charge in [0.1, 0.15) is 5.75 Å². The topological polar surface area (TPSA) is 52.6 Å². The summed E-state index contributed by atoms with van der Waals surface area (Å²) in [5.74, 6) is 0.252. The molecular formula is C11H14N2O2. The number of aromatic hydroxyl groups is 1. The number of phenolic OH excluding ortho intramolecular Hbond substituents is 1. The molecule has 80 valence electrons. The fourth-order valence-electron chi connectivity index (χ4n) is 1.86. The van der Waals surface area contributed by atoms with E-state index in [1.807, 2.05) is 12.1 Å². The number of amides is 2. The van der Waals surface area contributed by atoms with E-state index in [0.29, 0.717) is 6.54 Å². The van der Waals surface area contributed by atoms with Gasteiger partial charge in [-0.25, -0.2) is 4.79 Å². The second-order valence-corrected chi connectivity index (χ2v) is 3.74. The van der Waals surface area contributed by atoms with Crippen molar-refractivity contribution >= 4 is 6.03 Å². The summed E-state index contributed by atoms with van der Waals surface area (Å²) in [7, 11) is 1.78. The zero-order chi connectivity index (χ0) is 10.8. The lowest BCUT2D eigenvalue weighted by molar-refractivity contribution is 0.172. The Bertz CT molecular complexity index is 361. The van der Waals surface area contributed by atoms with Gasteiger partial charge in [0.2, 0.25) is 0 Å². The number of phenols is 1. The third-order valence-electron chi connectivity index (χ3n) is 2.76. The van der Waals surface area contributed by atoms with Gasteiger partial charge in [0.15, 0.2) is 0 Å². The number of benzene rings is 1. The third kappa shape index (κ3) is 1.88. The van der Waals surface area contributed by atoms with Gasteiger partial charge in [-0.1, -0.05) is 12.1 Å². The molecule has 0 bridgehead atoms. The van der Waals surface area contributed by atoms with Crippen LogP contribution in [-0.2, 0) is 0 Å². The molecular weight excluding hydrogens is 192 g/mol. The molecule has 2 rings (SSSR count). The highest BCUT2D eigenvalue weighted by Crippen LogP contribution is 2.26. The maximum atomic E-state index is 11.4. The van der Waals surface area contributed by atoms with Crippen LogP contribution in [0.1, 0.15) is 18.0 Å². The monoisotopic (exact) mass is 206 g/mol. The van der Waals surface area contributed by atoms with Gasteiger partial charge in [-0.2, -0.15) is 0 Å². The van der Waals surface area contributed by atoms with Gasteiger partial charge in [-0.3, -0.25) is 0 Å². The minimum Gasteiger partial charge on any atom is -0.508 e. The summed E-state index contributed by atoms with van der Waals surface area (Å²) < 4.78 is 0. The molecule has 1 aliphatic heterocycles. The minimum absolute atomic E-state index is 0.0423. The van der Waals surface area contributed by atoms with Crippen LogP contribution in [0.2, 0.25) is 0 Å². The molecule has 0 spiro atoms. The number of carbonyl (C=O) groups excluding carboxylic acids is 1. The van der Waals surface area contributed by atoms with Gasteiger partial charge in [0, 0.05) is 13.6 Å². The van der Waals surface area contributed by atoms with E-state index in [1.165, 1.54) is 0 Å². The van der Waals surface area contributed by atoms with E-state index < -0.39 is 0 Å². The Morgan fingerprint density at radius 2 is 2.07 bits per heavy atom. The third-order valence-corrected chi connectivity index (χ3v) is 2.76. The standard InChI is InChI=1S/C11H14N2O2/c1-13-10(6-7-12-11(13)15)8-2-4-9(14)5-3-8/h2-5,10,14H,6-7H2,1H3,(H,12,15). The van der Waals surface area contributed by atoms with Crippen molar-refractivity contribution in [3.05, 3.63) is 29.8 Å². The van der Waals surface area contributed by atoms with Crippen molar-refractivity contribution in [2.24, 2.45) is 0 Å². The average molecular weight is 206 g/mol. The van der Waals surface area contributed by atoms with Crippen LogP contribution < -0.4 is 5.32 Å². The molecule has 4 nitrogen and oxygen atoms in total. The zero-order valence-corrected chi connectivity index (χ0v) is 8.60. The molecule has 1 heterocycles. The highest BCUT2D eigenvalue weighted by atomic mass is 16.3. The Kier molecular flexibility index (Phi) is 2.49. The van der Waals surface area contributed by atoms with Crippen molar-refractivity contribution in [1.82, 2.24) is 10.2 Å². The molecule has 1 unspecified atom stereocenters. The summed E-state index contributed by atoms with van der Waals surface area (Å²) >= 11 is 0. The normalized spacial score (nSPS) is 21.3. The molecule has 4 heteroatoms. The lowest BCUT2D eigenvalue weighted by atomic mass is 10.0. The van der Waals surface area contributed by atoms with Gasteiger partial charge >= 0.3 is 6.03 Å². The van der Waals surface area contributed by atoms with Crippen LogP contribution in [0.3, 0.4) is 0 Å². The number of hydrogen-bond donors (Lipinski definition) is 2. The smallest absolute Gasteiger partial charge is 0.317 e. The Balaban J connectivity index is 2.22. The molecule has 0 aliphatic carbocycles. The van der Waals surface area contributed by atoms with Crippen molar-refractivity contribution in [2.45, 2.75) is 12.5 Å². The molecule has 2 amide bonds. The molecule has 0 saturated carbocycles. The Morgan fingerprint density at radius 3 is 2.73 bits per heavy atom. The number of urea groups is 1. The highest BCUT2D eigenvalue weighted by molar-refractivity contribution is 5.75. The largest absolute Gasteiger partial charge is 0.508 e. The van der Waals surface area contributed by atoms with Gasteiger partial charge < -0.3 is 15.3 Å². The van der Waals surface area contributed by atoms with E-state index in [2.05, 4.69) is 5.32 Å². The Morgan fingerprint density at radius 1 is 1.40 bits per heavy atom. The van der Waals surface area contributed by atoms with Crippen molar-refractivity contribution < 1.29 is 9.90 Å². The molecule has 2 N–H and O–H groups in total. The molecule has 1 atom stereocenters. The first-order valence-corrected chi connectivity index (χ1v) is 4.98. The number of rotatable bonds is 1. The van der Waals surface area contributed by atoms with Crippen LogP contribution in [0.4, 0.5) is 4.79 Å². The molecule has 1 aromatic rings. The summed E-state index contributed by atoms with van der Waals surface area (Å²) in [4.78, 5) is 13.1. The lowest BCUT2D eigenvalue weighted by Crippen LogP contribution is -2.45. The minimum atomic E-state index is -0.0423. The van der Waals surface area contributed by atoms with Crippen LogP contribution in [0.5, 0.6) is 5.75 Å². The molecule has 1 saturated heterocycles. The molecule has 1 fully saturated rings. The predicted molar refractivity (Wildman–Crippen MR) is 56.6 cm³/mol. The molecule has 0 radical (unpaired) electrons. The molecule has 15 heavy (non-hydrogen) atoms. The summed E-state index contributed by atoms with van der Waals surface area (Å²) in [6, 6.07) is 7.08. The van der Waals surface area contributed by atoms with Gasteiger partial charge in [-0.15, -0.1) is 0 Å². The Labute approximate surface area is 88.5 Å². The number of nitrogens with one attached hydrogen (secondary N) is 1. The van der Waals surface area contributed by atoms with Gasteiger partial charge in [0.05, 0.1) is 6.04 Å². The summed E-state index contributed by atoms with van der Waals surface area (Å²) in [5.41, 5.74) is 1.06. The second-order valence-electron chi connectivity index (χ2n) is 3.74. The maximum absolute atomic E-state index is 11.4. The predicted octanol–water partition coefficient (Wildman–Crippen LogP) is 1.48. The maximum Gasteiger partial charge on any atom is 0.317 e. The van der Waals surface area contributed by atoms with E-state index in [9.17, 15) is 9.90 Å². The summed E-state index contributed by atoms with van der Waals surface area (Å²) in [6.45, 7) is 0.703. The first kappa shape index (κ1) is 9.83. The fourth-order valence-corrected chi connectivity index (χ4v) is 1.86. The van der Waals surface area contributed by atoms with Gasteiger partial charge in [-0.05, 0) is 24.1 Å². The van der Waals surface area contributed by atoms with Crippen molar-refractivity contribution in [3.8, 4) is 5.75 Å². The van der Waals surface area contributed by atoms with Crippen LogP contribution in [0.15, 0.2) is 24.3 Å². The van der Waals surface area contributed by atoms with Gasteiger partial charge in [0.25, 0.3) is 0 Å². The van der Waals surface area contributed by atoms with E-state index in [4.69, 9.17) is 0 Å². The number of hydrogen-bond acceptors (Lipinski definition) is 2. The van der Waals surface area contributed by atoms with E-state index in [-0.39, 0.29) is 17.8 Å². The average Bonchev–Trinajstić information content (AvgIpc) is 2.24. The fraction of sp³-hybridized carbons (Fsp3) is 0.364. The number of carbonyl (C=O) groups is 1. The highest BCUT2D eigenvalue weighted by Gasteiger charge is 2.25. The lowest BCUT2D eigenvalue weighted by Gasteiger charge is -2.33. The van der Waals surface area contributed by atoms with Crippen molar-refractivity contribution in [3.63, 3.8) is 0 Å². The van der Waals surface area contributed by atoms with Crippen LogP contribution in [-0.4, -0.2) is 29.6 Å². The first-order valence-electron chi connectivity index (χ1n) is 4.98. The van der Waals surface area contributed by atoms with E-state index in [0.717, 1.165) is 12.0 Å².